The molecule has 0 saturated heterocycles. The van der Waals surface area contributed by atoms with Crippen molar-refractivity contribution in [3.63, 3.8) is 0 Å². The highest BCUT2D eigenvalue weighted by Crippen LogP contribution is 2.38. The Morgan fingerprint density at radius 2 is 1.79 bits per heavy atom. The Labute approximate surface area is 86.3 Å². The SMILES string of the molecule is C=C/C=C1/C/C(=C/C(=C)C)C(=C)C1=C. The lowest BCUT2D eigenvalue weighted by Crippen LogP contribution is -1.78. The molecule has 72 valence electrons. The largest absolute Gasteiger partial charge is 0.0991 e. The summed E-state index contributed by atoms with van der Waals surface area (Å²) in [6, 6.07) is 0. The average Bonchev–Trinajstić information content (AvgIpc) is 2.34. The first kappa shape index (κ1) is 10.5. The van der Waals surface area contributed by atoms with Gasteiger partial charge >= 0.3 is 0 Å². The van der Waals surface area contributed by atoms with Gasteiger partial charge in [-0.25, -0.2) is 0 Å². The van der Waals surface area contributed by atoms with Gasteiger partial charge in [-0.05, 0) is 35.6 Å². The van der Waals surface area contributed by atoms with Crippen molar-refractivity contribution in [1.82, 2.24) is 0 Å². The van der Waals surface area contributed by atoms with Gasteiger partial charge in [0.15, 0.2) is 0 Å². The summed E-state index contributed by atoms with van der Waals surface area (Å²) < 4.78 is 0. The molecule has 1 fully saturated rings. The maximum absolute atomic E-state index is 4.02. The van der Waals surface area contributed by atoms with E-state index in [1.54, 1.807) is 6.08 Å². The van der Waals surface area contributed by atoms with Crippen LogP contribution in [-0.2, 0) is 0 Å². The summed E-state index contributed by atoms with van der Waals surface area (Å²) in [5.41, 5.74) is 5.53. The number of allylic oxidation sites excluding steroid dienone is 8. The second kappa shape index (κ2) is 4.10. The Bertz CT molecular complexity index is 373. The minimum atomic E-state index is 0.899. The molecule has 0 radical (unpaired) electrons. The Morgan fingerprint density at radius 1 is 1.21 bits per heavy atom. The Hall–Kier alpha value is -1.56. The van der Waals surface area contributed by atoms with Gasteiger partial charge in [0.1, 0.15) is 0 Å². The minimum Gasteiger partial charge on any atom is -0.0991 e. The van der Waals surface area contributed by atoms with Crippen molar-refractivity contribution in [2.45, 2.75) is 13.3 Å². The van der Waals surface area contributed by atoms with Gasteiger partial charge in [-0.15, -0.1) is 0 Å². The molecule has 1 aliphatic carbocycles. The first-order valence-electron chi connectivity index (χ1n) is 4.63. The predicted octanol–water partition coefficient (Wildman–Crippen LogP) is 4.12. The van der Waals surface area contributed by atoms with E-state index < -0.39 is 0 Å². The van der Waals surface area contributed by atoms with E-state index in [0.717, 1.165) is 23.1 Å². The summed E-state index contributed by atoms with van der Waals surface area (Å²) in [6.45, 7) is 17.6. The van der Waals surface area contributed by atoms with Gasteiger partial charge in [-0.3, -0.25) is 0 Å². The zero-order chi connectivity index (χ0) is 10.7. The fourth-order valence-electron chi connectivity index (χ4n) is 1.54. The van der Waals surface area contributed by atoms with Gasteiger partial charge in [0.2, 0.25) is 0 Å². The van der Waals surface area contributed by atoms with Crippen LogP contribution < -0.4 is 0 Å². The number of rotatable bonds is 2. The maximum atomic E-state index is 4.02. The number of hydrogen-bond acceptors (Lipinski definition) is 0. The van der Waals surface area contributed by atoms with E-state index in [1.165, 1.54) is 11.1 Å². The first-order chi connectivity index (χ1) is 6.56. The molecule has 0 aliphatic heterocycles. The van der Waals surface area contributed by atoms with Crippen LogP contribution in [-0.4, -0.2) is 0 Å². The Morgan fingerprint density at radius 3 is 2.29 bits per heavy atom. The smallest absolute Gasteiger partial charge is 0.00138 e. The molecule has 0 aromatic heterocycles. The van der Waals surface area contributed by atoms with Crippen LogP contribution in [0.2, 0.25) is 0 Å². The van der Waals surface area contributed by atoms with Crippen LogP contribution in [0.3, 0.4) is 0 Å². The predicted molar refractivity (Wildman–Crippen MR) is 64.1 cm³/mol. The molecule has 0 nitrogen and oxygen atoms in total. The molecule has 0 amide bonds. The van der Waals surface area contributed by atoms with Gasteiger partial charge < -0.3 is 0 Å². The highest BCUT2D eigenvalue weighted by atomic mass is 14.2. The third kappa shape index (κ3) is 2.02. The molecule has 0 unspecified atom stereocenters. The fourth-order valence-corrected chi connectivity index (χ4v) is 1.54. The van der Waals surface area contributed by atoms with Crippen LogP contribution in [0.4, 0.5) is 0 Å². The molecule has 0 aromatic carbocycles. The van der Waals surface area contributed by atoms with E-state index in [2.05, 4.69) is 32.4 Å². The van der Waals surface area contributed by atoms with Crippen molar-refractivity contribution in [3.8, 4) is 0 Å². The lowest BCUT2D eigenvalue weighted by atomic mass is 10.1. The lowest BCUT2D eigenvalue weighted by Gasteiger charge is -1.97. The molecule has 0 atom stereocenters. The monoisotopic (exact) mass is 184 g/mol. The van der Waals surface area contributed by atoms with Gasteiger partial charge in [0.25, 0.3) is 0 Å². The minimum absolute atomic E-state index is 0.899. The molecule has 14 heavy (non-hydrogen) atoms. The van der Waals surface area contributed by atoms with E-state index >= 15 is 0 Å². The van der Waals surface area contributed by atoms with E-state index in [-0.39, 0.29) is 0 Å². The molecular weight excluding hydrogens is 168 g/mol. The second-order valence-corrected chi connectivity index (χ2v) is 3.58. The molecule has 0 heteroatoms. The third-order valence-electron chi connectivity index (χ3n) is 2.26. The summed E-state index contributed by atoms with van der Waals surface area (Å²) in [4.78, 5) is 0. The van der Waals surface area contributed by atoms with E-state index in [4.69, 9.17) is 0 Å². The van der Waals surface area contributed by atoms with Crippen LogP contribution in [0.15, 0.2) is 72.4 Å². The Balaban J connectivity index is 3.05. The Kier molecular flexibility index (Phi) is 3.08. The zero-order valence-electron chi connectivity index (χ0n) is 8.77. The highest BCUT2D eigenvalue weighted by Gasteiger charge is 2.19. The standard InChI is InChI=1S/C14H16/c1-6-7-13-9-14(8-10(2)3)12(5)11(13)4/h6-8H,1-2,4-5,9H2,3H3/b13-7-,14-8-. The van der Waals surface area contributed by atoms with Crippen molar-refractivity contribution in [2.75, 3.05) is 0 Å². The van der Waals surface area contributed by atoms with Gasteiger partial charge in [-0.2, -0.15) is 0 Å². The molecule has 1 rings (SSSR count). The number of hydrogen-bond donors (Lipinski definition) is 0. The van der Waals surface area contributed by atoms with Gasteiger partial charge in [0, 0.05) is 0 Å². The molecule has 1 aliphatic rings. The van der Waals surface area contributed by atoms with Crippen molar-refractivity contribution in [1.29, 1.82) is 0 Å². The van der Waals surface area contributed by atoms with Crippen molar-refractivity contribution < 1.29 is 0 Å². The normalized spacial score (nSPS) is 22.1. The first-order valence-corrected chi connectivity index (χ1v) is 4.63. The van der Waals surface area contributed by atoms with E-state index in [1.807, 2.05) is 13.0 Å². The molecule has 0 N–H and O–H groups in total. The second-order valence-electron chi connectivity index (χ2n) is 3.58. The quantitative estimate of drug-likeness (QED) is 0.605. The van der Waals surface area contributed by atoms with Crippen LogP contribution in [0.5, 0.6) is 0 Å². The summed E-state index contributed by atoms with van der Waals surface area (Å²) in [6.07, 6.45) is 6.75. The molecule has 0 spiro atoms. The zero-order valence-corrected chi connectivity index (χ0v) is 8.77. The topological polar surface area (TPSA) is 0 Å². The lowest BCUT2D eigenvalue weighted by molar-refractivity contribution is 1.26. The highest BCUT2D eigenvalue weighted by molar-refractivity contribution is 5.63. The fraction of sp³-hybridized carbons (Fsp3) is 0.143. The van der Waals surface area contributed by atoms with Gasteiger partial charge in [0.05, 0.1) is 0 Å². The average molecular weight is 184 g/mol. The van der Waals surface area contributed by atoms with E-state index in [9.17, 15) is 0 Å². The molecule has 0 bridgehead atoms. The summed E-state index contributed by atoms with van der Waals surface area (Å²) >= 11 is 0. The molecule has 1 saturated carbocycles. The molecular formula is C14H16. The third-order valence-corrected chi connectivity index (χ3v) is 2.26. The van der Waals surface area contributed by atoms with Crippen molar-refractivity contribution >= 4 is 0 Å². The van der Waals surface area contributed by atoms with Gasteiger partial charge in [-0.1, -0.05) is 50.1 Å². The molecule has 0 heterocycles. The van der Waals surface area contributed by atoms with Crippen molar-refractivity contribution in [2.24, 2.45) is 0 Å². The van der Waals surface area contributed by atoms with E-state index in [0.29, 0.717) is 0 Å². The molecule has 0 aromatic rings. The maximum Gasteiger partial charge on any atom is -0.00138 e. The van der Waals surface area contributed by atoms with Crippen LogP contribution in [0, 0.1) is 0 Å². The summed E-state index contributed by atoms with van der Waals surface area (Å²) in [5.74, 6) is 0. The summed E-state index contributed by atoms with van der Waals surface area (Å²) in [5, 5.41) is 0. The van der Waals surface area contributed by atoms with Crippen LogP contribution >= 0.6 is 0 Å². The van der Waals surface area contributed by atoms with Crippen molar-refractivity contribution in [3.05, 3.63) is 72.4 Å². The van der Waals surface area contributed by atoms with Crippen LogP contribution in [0.1, 0.15) is 13.3 Å². The summed E-state index contributed by atoms with van der Waals surface area (Å²) in [7, 11) is 0. The van der Waals surface area contributed by atoms with Crippen LogP contribution in [0.25, 0.3) is 0 Å².